The smallest absolute Gasteiger partial charge is 0.240 e. The quantitative estimate of drug-likeness (QED) is 0.713. The van der Waals surface area contributed by atoms with Gasteiger partial charge in [0, 0.05) is 18.8 Å². The number of hydrogen-bond donors (Lipinski definition) is 0. The molecule has 0 fully saturated rings. The molecule has 0 aliphatic carbocycles. The molecule has 0 spiro atoms. The number of halogens is 1. The lowest BCUT2D eigenvalue weighted by molar-refractivity contribution is 0.599. The highest BCUT2D eigenvalue weighted by Gasteiger charge is 2.15. The summed E-state index contributed by atoms with van der Waals surface area (Å²) in [5, 5.41) is 0.255. The number of aryl methyl sites for hydroxylation is 1. The molecule has 0 bridgehead atoms. The summed E-state index contributed by atoms with van der Waals surface area (Å²) < 4.78 is 23.2. The fourth-order valence-corrected chi connectivity index (χ4v) is 1.22. The second-order valence-corrected chi connectivity index (χ2v) is 5.25. The molecule has 1 aromatic rings. The van der Waals surface area contributed by atoms with Crippen molar-refractivity contribution in [2.75, 3.05) is 17.6 Å². The molecule has 0 aliphatic rings. The SMILES string of the molecule is Cc1cnc(N(C)S(C)(=O)=O)nc1Cl. The molecular weight excluding hydrogens is 226 g/mol. The van der Waals surface area contributed by atoms with Crippen molar-refractivity contribution in [1.29, 1.82) is 0 Å². The van der Waals surface area contributed by atoms with Crippen molar-refractivity contribution in [2.45, 2.75) is 6.92 Å². The maximum absolute atomic E-state index is 11.1. The van der Waals surface area contributed by atoms with E-state index in [2.05, 4.69) is 9.97 Å². The van der Waals surface area contributed by atoms with E-state index in [9.17, 15) is 8.42 Å². The Morgan fingerprint density at radius 2 is 2.07 bits per heavy atom. The molecule has 1 heterocycles. The average Bonchev–Trinajstić information content (AvgIpc) is 2.07. The first-order valence-corrected chi connectivity index (χ1v) is 5.98. The van der Waals surface area contributed by atoms with Gasteiger partial charge in [0.1, 0.15) is 5.15 Å². The van der Waals surface area contributed by atoms with Crippen LogP contribution in [0.25, 0.3) is 0 Å². The number of anilines is 1. The van der Waals surface area contributed by atoms with Crippen molar-refractivity contribution in [3.8, 4) is 0 Å². The Bertz CT molecular complexity index is 446. The van der Waals surface area contributed by atoms with Crippen molar-refractivity contribution in [1.82, 2.24) is 9.97 Å². The molecule has 0 amide bonds. The molecule has 0 saturated carbocycles. The fourth-order valence-electron chi connectivity index (χ4n) is 0.713. The number of hydrogen-bond acceptors (Lipinski definition) is 4. The van der Waals surface area contributed by atoms with Crippen LogP contribution in [0.2, 0.25) is 5.15 Å². The summed E-state index contributed by atoms with van der Waals surface area (Å²) in [6.45, 7) is 1.74. The van der Waals surface area contributed by atoms with Crippen LogP contribution in [0, 0.1) is 6.92 Å². The van der Waals surface area contributed by atoms with Gasteiger partial charge in [0.05, 0.1) is 6.26 Å². The Balaban J connectivity index is 3.16. The molecule has 0 aromatic carbocycles. The van der Waals surface area contributed by atoms with Crippen LogP contribution in [0.4, 0.5) is 5.95 Å². The first kappa shape index (κ1) is 11.2. The van der Waals surface area contributed by atoms with Gasteiger partial charge in [-0.3, -0.25) is 0 Å². The number of rotatable bonds is 2. The summed E-state index contributed by atoms with van der Waals surface area (Å²) in [6, 6.07) is 0. The van der Waals surface area contributed by atoms with Crippen molar-refractivity contribution in [3.63, 3.8) is 0 Å². The number of aromatic nitrogens is 2. The molecule has 0 unspecified atom stereocenters. The van der Waals surface area contributed by atoms with Gasteiger partial charge in [0.25, 0.3) is 0 Å². The van der Waals surface area contributed by atoms with Gasteiger partial charge in [-0.1, -0.05) is 11.6 Å². The summed E-state index contributed by atoms with van der Waals surface area (Å²) in [5.41, 5.74) is 0.706. The summed E-state index contributed by atoms with van der Waals surface area (Å²) in [6.07, 6.45) is 2.55. The molecule has 0 N–H and O–H groups in total. The van der Waals surface area contributed by atoms with Gasteiger partial charge >= 0.3 is 0 Å². The Morgan fingerprint density at radius 3 is 2.50 bits per heavy atom. The van der Waals surface area contributed by atoms with Crippen LogP contribution in [-0.2, 0) is 10.0 Å². The third kappa shape index (κ3) is 2.33. The summed E-state index contributed by atoms with van der Waals surface area (Å²) >= 11 is 5.74. The molecule has 0 aliphatic heterocycles. The van der Waals surface area contributed by atoms with Crippen LogP contribution in [0.5, 0.6) is 0 Å². The zero-order valence-corrected chi connectivity index (χ0v) is 9.59. The molecule has 7 heteroatoms. The summed E-state index contributed by atoms with van der Waals surface area (Å²) in [7, 11) is -1.96. The molecule has 1 aromatic heterocycles. The Labute approximate surface area is 87.8 Å². The normalized spacial score (nSPS) is 11.4. The van der Waals surface area contributed by atoms with Gasteiger partial charge in [0.15, 0.2) is 0 Å². The molecular formula is C7H10ClN3O2S. The average molecular weight is 236 g/mol. The zero-order chi connectivity index (χ0) is 10.9. The van der Waals surface area contributed by atoms with Crippen LogP contribution in [0.3, 0.4) is 0 Å². The van der Waals surface area contributed by atoms with E-state index >= 15 is 0 Å². The fraction of sp³-hybridized carbons (Fsp3) is 0.429. The third-order valence-corrected chi connectivity index (χ3v) is 3.22. The second-order valence-electron chi connectivity index (χ2n) is 2.87. The topological polar surface area (TPSA) is 63.2 Å². The van der Waals surface area contributed by atoms with E-state index in [1.165, 1.54) is 13.2 Å². The van der Waals surface area contributed by atoms with Gasteiger partial charge in [-0.05, 0) is 6.92 Å². The van der Waals surface area contributed by atoms with Gasteiger partial charge in [0.2, 0.25) is 16.0 Å². The van der Waals surface area contributed by atoms with E-state index in [-0.39, 0.29) is 11.1 Å². The highest BCUT2D eigenvalue weighted by Crippen LogP contribution is 2.15. The molecule has 78 valence electrons. The van der Waals surface area contributed by atoms with E-state index in [1.54, 1.807) is 6.92 Å². The van der Waals surface area contributed by atoms with Gasteiger partial charge in [-0.2, -0.15) is 4.98 Å². The van der Waals surface area contributed by atoms with Gasteiger partial charge < -0.3 is 0 Å². The van der Waals surface area contributed by atoms with Gasteiger partial charge in [-0.15, -0.1) is 0 Å². The minimum Gasteiger partial charge on any atom is -0.241 e. The predicted molar refractivity (Wildman–Crippen MR) is 55.0 cm³/mol. The Morgan fingerprint density at radius 1 is 1.50 bits per heavy atom. The third-order valence-electron chi connectivity index (χ3n) is 1.68. The van der Waals surface area contributed by atoms with Crippen molar-refractivity contribution < 1.29 is 8.42 Å². The van der Waals surface area contributed by atoms with Crippen LogP contribution in [-0.4, -0.2) is 31.7 Å². The van der Waals surface area contributed by atoms with E-state index in [0.717, 1.165) is 10.6 Å². The monoisotopic (exact) mass is 235 g/mol. The van der Waals surface area contributed by atoms with E-state index in [0.29, 0.717) is 5.56 Å². The van der Waals surface area contributed by atoms with Crippen LogP contribution in [0.1, 0.15) is 5.56 Å². The zero-order valence-electron chi connectivity index (χ0n) is 8.02. The highest BCUT2D eigenvalue weighted by molar-refractivity contribution is 7.92. The Kier molecular flexibility index (Phi) is 2.96. The number of sulfonamides is 1. The van der Waals surface area contributed by atoms with Crippen LogP contribution >= 0.6 is 11.6 Å². The molecule has 14 heavy (non-hydrogen) atoms. The largest absolute Gasteiger partial charge is 0.241 e. The first-order chi connectivity index (χ1) is 6.32. The molecule has 0 saturated heterocycles. The van der Waals surface area contributed by atoms with E-state index in [1.807, 2.05) is 0 Å². The summed E-state index contributed by atoms with van der Waals surface area (Å²) in [4.78, 5) is 7.70. The maximum Gasteiger partial charge on any atom is 0.240 e. The van der Waals surface area contributed by atoms with Gasteiger partial charge in [-0.25, -0.2) is 17.7 Å². The second kappa shape index (κ2) is 3.70. The lowest BCUT2D eigenvalue weighted by Gasteiger charge is -2.14. The predicted octanol–water partition coefficient (Wildman–Crippen LogP) is 0.834. The standard InChI is InChI=1S/C7H10ClN3O2S/c1-5-4-9-7(10-6(5)8)11(2)14(3,12)13/h4H,1-3H3. The van der Waals surface area contributed by atoms with Crippen molar-refractivity contribution in [2.24, 2.45) is 0 Å². The van der Waals surface area contributed by atoms with Crippen molar-refractivity contribution in [3.05, 3.63) is 16.9 Å². The molecule has 5 nitrogen and oxygen atoms in total. The van der Waals surface area contributed by atoms with Crippen LogP contribution in [0.15, 0.2) is 6.20 Å². The van der Waals surface area contributed by atoms with E-state index < -0.39 is 10.0 Å². The van der Waals surface area contributed by atoms with E-state index in [4.69, 9.17) is 11.6 Å². The minimum absolute atomic E-state index is 0.0723. The minimum atomic E-state index is -3.34. The molecule has 0 atom stereocenters. The lowest BCUT2D eigenvalue weighted by Crippen LogP contribution is -2.26. The Hall–Kier alpha value is -0.880. The van der Waals surface area contributed by atoms with Crippen molar-refractivity contribution >= 4 is 27.6 Å². The maximum atomic E-state index is 11.1. The first-order valence-electron chi connectivity index (χ1n) is 3.75. The molecule has 1 rings (SSSR count). The van der Waals surface area contributed by atoms with Crippen LogP contribution < -0.4 is 4.31 Å². The lowest BCUT2D eigenvalue weighted by atomic mass is 10.4. The summed E-state index contributed by atoms with van der Waals surface area (Å²) in [5.74, 6) is 0.0723. The highest BCUT2D eigenvalue weighted by atomic mass is 35.5. The molecule has 0 radical (unpaired) electrons. The number of nitrogens with zero attached hydrogens (tertiary/aromatic N) is 3.